The first-order valence-corrected chi connectivity index (χ1v) is 5.83. The van der Waals surface area contributed by atoms with E-state index in [0.29, 0.717) is 0 Å². The second-order valence-electron chi connectivity index (χ2n) is 1.76. The van der Waals surface area contributed by atoms with E-state index in [4.69, 9.17) is 0 Å². The molecule has 0 nitrogen and oxygen atoms in total. The minimum Gasteiger partial charge on any atom is -0.128 e. The number of thioether (sulfide) groups is 1. The summed E-state index contributed by atoms with van der Waals surface area (Å²) in [5, 5.41) is 0. The molecule has 54 valence electrons. The molecule has 0 bridgehead atoms. The lowest BCUT2D eigenvalue weighted by atomic mass is 10.4. The predicted molar refractivity (Wildman–Crippen MR) is 58.6 cm³/mol. The van der Waals surface area contributed by atoms with Gasteiger partial charge in [-0.2, -0.15) is 0 Å². The van der Waals surface area contributed by atoms with Crippen LogP contribution in [-0.4, -0.2) is 6.26 Å². The summed E-state index contributed by atoms with van der Waals surface area (Å²) < 4.78 is 2.48. The Balaban J connectivity index is 3.14. The van der Waals surface area contributed by atoms with E-state index in [2.05, 4.69) is 63.0 Å². The molecule has 0 fully saturated rings. The molecule has 0 spiro atoms. The Bertz CT molecular complexity index is 237. The second-order valence-corrected chi connectivity index (χ2v) is 4.54. The topological polar surface area (TPSA) is 0 Å². The standard InChI is InChI=1S/C7H6BrIS/c1-10-6-4-2-3-5(8)7(6)9/h2-4H,1H3. The highest BCUT2D eigenvalue weighted by molar-refractivity contribution is 14.1. The summed E-state index contributed by atoms with van der Waals surface area (Å²) >= 11 is 7.58. The Hall–Kier alpha value is 0.780. The maximum absolute atomic E-state index is 3.47. The molecule has 0 aromatic heterocycles. The lowest BCUT2D eigenvalue weighted by Crippen LogP contribution is -1.77. The predicted octanol–water partition coefficient (Wildman–Crippen LogP) is 3.78. The van der Waals surface area contributed by atoms with E-state index < -0.39 is 0 Å². The van der Waals surface area contributed by atoms with Gasteiger partial charge >= 0.3 is 0 Å². The molecule has 0 unspecified atom stereocenters. The van der Waals surface area contributed by atoms with E-state index in [-0.39, 0.29) is 0 Å². The van der Waals surface area contributed by atoms with Crippen LogP contribution in [-0.2, 0) is 0 Å². The van der Waals surface area contributed by atoms with Crippen molar-refractivity contribution in [3.8, 4) is 0 Å². The van der Waals surface area contributed by atoms with Crippen LogP contribution in [0.4, 0.5) is 0 Å². The summed E-state index contributed by atoms with van der Waals surface area (Å²) in [6, 6.07) is 6.23. The van der Waals surface area contributed by atoms with E-state index in [9.17, 15) is 0 Å². The van der Waals surface area contributed by atoms with E-state index in [1.807, 2.05) is 0 Å². The van der Waals surface area contributed by atoms with Crippen LogP contribution in [0.5, 0.6) is 0 Å². The summed E-state index contributed by atoms with van der Waals surface area (Å²) in [6.45, 7) is 0. The molecular weight excluding hydrogens is 323 g/mol. The number of benzene rings is 1. The van der Waals surface area contributed by atoms with Crippen molar-refractivity contribution in [2.24, 2.45) is 0 Å². The second kappa shape index (κ2) is 3.97. The third-order valence-electron chi connectivity index (χ3n) is 1.14. The first kappa shape index (κ1) is 8.87. The average Bonchev–Trinajstić information content (AvgIpc) is 1.95. The normalized spacial score (nSPS) is 9.90. The van der Waals surface area contributed by atoms with Crippen molar-refractivity contribution in [3.05, 3.63) is 26.2 Å². The molecule has 0 radical (unpaired) electrons. The first-order valence-electron chi connectivity index (χ1n) is 2.73. The smallest absolute Gasteiger partial charge is 0.0408 e. The highest BCUT2D eigenvalue weighted by Gasteiger charge is 1.99. The molecule has 0 heterocycles. The third kappa shape index (κ3) is 1.89. The fourth-order valence-corrected chi connectivity index (χ4v) is 2.66. The van der Waals surface area contributed by atoms with Crippen LogP contribution in [0.15, 0.2) is 27.6 Å². The zero-order valence-corrected chi connectivity index (χ0v) is 9.96. The van der Waals surface area contributed by atoms with Gasteiger partial charge in [0, 0.05) is 12.9 Å². The Morgan fingerprint density at radius 1 is 1.50 bits per heavy atom. The van der Waals surface area contributed by atoms with E-state index in [0.717, 1.165) is 0 Å². The number of halogens is 2. The Labute approximate surface area is 87.0 Å². The molecule has 0 saturated carbocycles. The minimum atomic E-state index is 1.18. The molecule has 0 N–H and O–H groups in total. The van der Waals surface area contributed by atoms with Crippen molar-refractivity contribution in [1.29, 1.82) is 0 Å². The minimum absolute atomic E-state index is 1.18. The Morgan fingerprint density at radius 3 is 2.70 bits per heavy atom. The molecule has 1 rings (SSSR count). The number of rotatable bonds is 1. The lowest BCUT2D eigenvalue weighted by molar-refractivity contribution is 1.38. The number of hydrogen-bond donors (Lipinski definition) is 0. The van der Waals surface area contributed by atoms with Crippen LogP contribution in [0.2, 0.25) is 0 Å². The molecule has 1 aromatic carbocycles. The molecule has 0 saturated heterocycles. The molecule has 0 aliphatic rings. The molecule has 0 aliphatic carbocycles. The fourth-order valence-electron chi connectivity index (χ4n) is 0.642. The van der Waals surface area contributed by atoms with Gasteiger partial charge in [-0.25, -0.2) is 0 Å². The largest absolute Gasteiger partial charge is 0.128 e. The molecule has 10 heavy (non-hydrogen) atoms. The maximum atomic E-state index is 3.47. The van der Waals surface area contributed by atoms with Crippen LogP contribution in [0.1, 0.15) is 0 Å². The lowest BCUT2D eigenvalue weighted by Gasteiger charge is -2.00. The van der Waals surface area contributed by atoms with Crippen molar-refractivity contribution < 1.29 is 0 Å². The zero-order chi connectivity index (χ0) is 7.56. The van der Waals surface area contributed by atoms with Gasteiger partial charge in [-0.1, -0.05) is 6.07 Å². The van der Waals surface area contributed by atoms with Crippen molar-refractivity contribution in [3.63, 3.8) is 0 Å². The van der Waals surface area contributed by atoms with Gasteiger partial charge in [0.1, 0.15) is 0 Å². The van der Waals surface area contributed by atoms with Gasteiger partial charge in [0.25, 0.3) is 0 Å². The SMILES string of the molecule is CSc1cccc(Br)c1I. The summed E-state index contributed by atoms with van der Waals surface area (Å²) in [5.41, 5.74) is 0. The monoisotopic (exact) mass is 328 g/mol. The van der Waals surface area contributed by atoms with E-state index >= 15 is 0 Å². The maximum Gasteiger partial charge on any atom is 0.0408 e. The fraction of sp³-hybridized carbons (Fsp3) is 0.143. The molecule has 0 aliphatic heterocycles. The molecule has 0 amide bonds. The highest BCUT2D eigenvalue weighted by Crippen LogP contribution is 2.28. The van der Waals surface area contributed by atoms with Gasteiger partial charge in [-0.05, 0) is 56.9 Å². The molecule has 3 heteroatoms. The van der Waals surface area contributed by atoms with Crippen LogP contribution < -0.4 is 0 Å². The van der Waals surface area contributed by atoms with Gasteiger partial charge in [-0.3, -0.25) is 0 Å². The molecular formula is C7H6BrIS. The van der Waals surface area contributed by atoms with Crippen molar-refractivity contribution >= 4 is 50.3 Å². The van der Waals surface area contributed by atoms with E-state index in [1.165, 1.54) is 12.9 Å². The van der Waals surface area contributed by atoms with Gasteiger partial charge in [-0.15, -0.1) is 11.8 Å². The van der Waals surface area contributed by atoms with Gasteiger partial charge in [0.15, 0.2) is 0 Å². The third-order valence-corrected chi connectivity index (χ3v) is 4.85. The van der Waals surface area contributed by atoms with Crippen molar-refractivity contribution in [2.75, 3.05) is 6.26 Å². The summed E-state index contributed by atoms with van der Waals surface area (Å²) in [4.78, 5) is 1.33. The number of hydrogen-bond acceptors (Lipinski definition) is 1. The summed E-state index contributed by atoms with van der Waals surface area (Å²) in [7, 11) is 0. The van der Waals surface area contributed by atoms with Gasteiger partial charge in [0.2, 0.25) is 0 Å². The van der Waals surface area contributed by atoms with Crippen molar-refractivity contribution in [1.82, 2.24) is 0 Å². The van der Waals surface area contributed by atoms with Crippen LogP contribution >= 0.6 is 50.3 Å². The van der Waals surface area contributed by atoms with Gasteiger partial charge < -0.3 is 0 Å². The van der Waals surface area contributed by atoms with Crippen LogP contribution in [0, 0.1) is 3.57 Å². The van der Waals surface area contributed by atoms with Crippen LogP contribution in [0.25, 0.3) is 0 Å². The van der Waals surface area contributed by atoms with E-state index in [1.54, 1.807) is 11.8 Å². The zero-order valence-electron chi connectivity index (χ0n) is 5.40. The van der Waals surface area contributed by atoms with Gasteiger partial charge in [0.05, 0.1) is 0 Å². The first-order chi connectivity index (χ1) is 4.75. The Kier molecular flexibility index (Phi) is 3.52. The summed E-state index contributed by atoms with van der Waals surface area (Å²) in [6.07, 6.45) is 2.09. The average molecular weight is 329 g/mol. The highest BCUT2D eigenvalue weighted by atomic mass is 127. The Morgan fingerprint density at radius 2 is 2.20 bits per heavy atom. The molecule has 1 aromatic rings. The van der Waals surface area contributed by atoms with Crippen LogP contribution in [0.3, 0.4) is 0 Å². The molecule has 0 atom stereocenters. The van der Waals surface area contributed by atoms with Crippen molar-refractivity contribution in [2.45, 2.75) is 4.90 Å². The quantitative estimate of drug-likeness (QED) is 0.558. The summed E-state index contributed by atoms with van der Waals surface area (Å²) in [5.74, 6) is 0.